The highest BCUT2D eigenvalue weighted by Crippen LogP contribution is 2.30. The fraction of sp³-hybridized carbons (Fsp3) is 0.350. The minimum atomic E-state index is -3.82. The molecule has 0 saturated carbocycles. The van der Waals surface area contributed by atoms with Gasteiger partial charge in [0.25, 0.3) is 11.6 Å². The Morgan fingerprint density at radius 1 is 1.17 bits per heavy atom. The summed E-state index contributed by atoms with van der Waals surface area (Å²) in [6.45, 7) is 2.39. The number of methoxy groups -OCH3 is 1. The van der Waals surface area contributed by atoms with Gasteiger partial charge in [0.15, 0.2) is 0 Å². The first kappa shape index (κ1) is 21.7. The molecule has 1 aliphatic heterocycles. The van der Waals surface area contributed by atoms with Crippen LogP contribution in [0.1, 0.15) is 35.2 Å². The van der Waals surface area contributed by atoms with E-state index in [1.165, 1.54) is 48.7 Å². The zero-order chi connectivity index (χ0) is 21.9. The molecule has 3 rings (SSSR count). The van der Waals surface area contributed by atoms with Crippen LogP contribution in [0.2, 0.25) is 0 Å². The number of nitrogens with one attached hydrogen (secondary N) is 1. The zero-order valence-electron chi connectivity index (χ0n) is 16.8. The second kappa shape index (κ2) is 8.80. The van der Waals surface area contributed by atoms with Crippen LogP contribution < -0.4 is 10.1 Å². The van der Waals surface area contributed by atoms with Gasteiger partial charge in [-0.05, 0) is 44.0 Å². The number of rotatable bonds is 6. The average Bonchev–Trinajstić information content (AvgIpc) is 2.75. The molecule has 9 nitrogen and oxygen atoms in total. The second-order valence-corrected chi connectivity index (χ2v) is 8.90. The van der Waals surface area contributed by atoms with Crippen molar-refractivity contribution in [2.45, 2.75) is 31.1 Å². The van der Waals surface area contributed by atoms with Gasteiger partial charge in [-0.1, -0.05) is 12.5 Å². The zero-order valence-corrected chi connectivity index (χ0v) is 17.6. The highest BCUT2D eigenvalue weighted by atomic mass is 32.2. The molecule has 0 radical (unpaired) electrons. The molecule has 0 aromatic heterocycles. The van der Waals surface area contributed by atoms with E-state index in [1.54, 1.807) is 6.07 Å². The third-order valence-electron chi connectivity index (χ3n) is 5.11. The summed E-state index contributed by atoms with van der Waals surface area (Å²) < 4.78 is 32.9. The molecule has 2 aromatic rings. The number of amides is 1. The number of nitrogens with zero attached hydrogens (tertiary/aromatic N) is 2. The van der Waals surface area contributed by atoms with E-state index in [1.807, 2.05) is 0 Å². The largest absolute Gasteiger partial charge is 0.495 e. The van der Waals surface area contributed by atoms with Crippen molar-refractivity contribution in [3.05, 3.63) is 57.6 Å². The monoisotopic (exact) mass is 433 g/mol. The maximum absolute atomic E-state index is 13.1. The molecule has 2 aromatic carbocycles. The van der Waals surface area contributed by atoms with Crippen LogP contribution in [-0.4, -0.2) is 43.8 Å². The Kier molecular flexibility index (Phi) is 6.37. The van der Waals surface area contributed by atoms with Gasteiger partial charge in [0.05, 0.1) is 23.3 Å². The average molecular weight is 433 g/mol. The Morgan fingerprint density at radius 3 is 2.50 bits per heavy atom. The first-order valence-corrected chi connectivity index (χ1v) is 10.9. The van der Waals surface area contributed by atoms with Gasteiger partial charge in [-0.3, -0.25) is 14.9 Å². The molecule has 0 bridgehead atoms. The predicted molar refractivity (Wildman–Crippen MR) is 111 cm³/mol. The quantitative estimate of drug-likeness (QED) is 0.551. The first-order chi connectivity index (χ1) is 14.3. The van der Waals surface area contributed by atoms with Gasteiger partial charge in [-0.15, -0.1) is 0 Å². The van der Waals surface area contributed by atoms with Gasteiger partial charge in [-0.2, -0.15) is 4.31 Å². The summed E-state index contributed by atoms with van der Waals surface area (Å²) in [6, 6.07) is 8.55. The number of benzene rings is 2. The molecule has 1 saturated heterocycles. The lowest BCUT2D eigenvalue weighted by Gasteiger charge is -2.26. The molecule has 1 heterocycles. The number of ether oxygens (including phenoxy) is 1. The van der Waals surface area contributed by atoms with Crippen LogP contribution in [-0.2, 0) is 10.0 Å². The lowest BCUT2D eigenvalue weighted by atomic mass is 10.1. The van der Waals surface area contributed by atoms with Crippen LogP contribution in [0.3, 0.4) is 0 Å². The summed E-state index contributed by atoms with van der Waals surface area (Å²) in [7, 11) is -2.45. The lowest BCUT2D eigenvalue weighted by molar-refractivity contribution is -0.385. The van der Waals surface area contributed by atoms with Gasteiger partial charge in [0, 0.05) is 24.7 Å². The van der Waals surface area contributed by atoms with Gasteiger partial charge in [0.2, 0.25) is 10.0 Å². The molecule has 1 fully saturated rings. The Labute approximate surface area is 174 Å². The molecular weight excluding hydrogens is 410 g/mol. The van der Waals surface area contributed by atoms with Crippen molar-refractivity contribution in [2.24, 2.45) is 0 Å². The minimum Gasteiger partial charge on any atom is -0.495 e. The van der Waals surface area contributed by atoms with E-state index < -0.39 is 20.9 Å². The Morgan fingerprint density at radius 2 is 1.87 bits per heavy atom. The Hall–Kier alpha value is -2.98. The molecular formula is C20H23N3O6S. The van der Waals surface area contributed by atoms with Crippen LogP contribution in [0, 0.1) is 17.0 Å². The van der Waals surface area contributed by atoms with E-state index in [0.717, 1.165) is 19.3 Å². The van der Waals surface area contributed by atoms with Crippen LogP contribution >= 0.6 is 0 Å². The molecule has 10 heteroatoms. The summed E-state index contributed by atoms with van der Waals surface area (Å²) >= 11 is 0. The van der Waals surface area contributed by atoms with Gasteiger partial charge >= 0.3 is 0 Å². The van der Waals surface area contributed by atoms with Crippen molar-refractivity contribution in [1.29, 1.82) is 0 Å². The molecule has 0 unspecified atom stereocenters. The summed E-state index contributed by atoms with van der Waals surface area (Å²) in [4.78, 5) is 23.3. The molecule has 1 aliphatic rings. The lowest BCUT2D eigenvalue weighted by Crippen LogP contribution is -2.35. The first-order valence-electron chi connectivity index (χ1n) is 9.49. The minimum absolute atomic E-state index is 0.0738. The number of carbonyl (C=O) groups excluding carboxylic acids is 1. The smallest absolute Gasteiger partial charge is 0.274 e. The fourth-order valence-electron chi connectivity index (χ4n) is 3.42. The molecule has 0 atom stereocenters. The van der Waals surface area contributed by atoms with Gasteiger partial charge in [0.1, 0.15) is 10.6 Å². The summed E-state index contributed by atoms with van der Waals surface area (Å²) in [5.74, 6) is -0.417. The Bertz CT molecular complexity index is 1080. The standard InChI is InChI=1S/C20H23N3O6S/c1-14-16(7-6-8-17(14)23(25)26)21-20(24)15-9-10-18(29-2)19(13-15)30(27,28)22-11-4-3-5-12-22/h6-10,13H,3-5,11-12H2,1-2H3,(H,21,24). The molecule has 0 spiro atoms. The van der Waals surface area contributed by atoms with Crippen LogP contribution in [0.15, 0.2) is 41.3 Å². The SMILES string of the molecule is COc1ccc(C(=O)Nc2cccc([N+](=O)[O-])c2C)cc1S(=O)(=O)N1CCCCC1. The number of piperidine rings is 1. The number of anilines is 1. The Balaban J connectivity index is 1.94. The number of carbonyl (C=O) groups is 1. The molecule has 1 N–H and O–H groups in total. The van der Waals surface area contributed by atoms with E-state index in [0.29, 0.717) is 18.7 Å². The summed E-state index contributed by atoms with van der Waals surface area (Å²) in [5.41, 5.74) is 0.587. The van der Waals surface area contributed by atoms with E-state index in [9.17, 15) is 23.3 Å². The van der Waals surface area contributed by atoms with Crippen molar-refractivity contribution in [3.8, 4) is 5.75 Å². The summed E-state index contributed by atoms with van der Waals surface area (Å²) in [6.07, 6.45) is 2.55. The number of hydrogen-bond donors (Lipinski definition) is 1. The van der Waals surface area contributed by atoms with Crippen LogP contribution in [0.4, 0.5) is 11.4 Å². The van der Waals surface area contributed by atoms with Gasteiger partial charge < -0.3 is 10.1 Å². The van der Waals surface area contributed by atoms with Gasteiger partial charge in [-0.25, -0.2) is 8.42 Å². The van der Waals surface area contributed by atoms with Crippen molar-refractivity contribution < 1.29 is 22.9 Å². The maximum Gasteiger partial charge on any atom is 0.274 e. The van der Waals surface area contributed by atoms with Crippen molar-refractivity contribution >= 4 is 27.3 Å². The topological polar surface area (TPSA) is 119 Å². The van der Waals surface area contributed by atoms with E-state index in [-0.39, 0.29) is 27.6 Å². The predicted octanol–water partition coefficient (Wildman–Crippen LogP) is 3.34. The number of nitro groups is 1. The van der Waals surface area contributed by atoms with Crippen molar-refractivity contribution in [1.82, 2.24) is 4.31 Å². The van der Waals surface area contributed by atoms with E-state index in [4.69, 9.17) is 4.74 Å². The highest BCUT2D eigenvalue weighted by Gasteiger charge is 2.30. The van der Waals surface area contributed by atoms with E-state index >= 15 is 0 Å². The third-order valence-corrected chi connectivity index (χ3v) is 7.03. The molecule has 30 heavy (non-hydrogen) atoms. The number of nitro benzene ring substituents is 1. The fourth-order valence-corrected chi connectivity index (χ4v) is 5.11. The van der Waals surface area contributed by atoms with E-state index in [2.05, 4.69) is 5.32 Å². The number of hydrogen-bond acceptors (Lipinski definition) is 6. The third kappa shape index (κ3) is 4.29. The highest BCUT2D eigenvalue weighted by molar-refractivity contribution is 7.89. The van der Waals surface area contributed by atoms with Crippen molar-refractivity contribution in [3.63, 3.8) is 0 Å². The normalized spacial score (nSPS) is 14.9. The van der Waals surface area contributed by atoms with Crippen LogP contribution in [0.25, 0.3) is 0 Å². The molecule has 160 valence electrons. The molecule has 0 aliphatic carbocycles. The molecule has 1 amide bonds. The second-order valence-electron chi connectivity index (χ2n) is 6.99. The maximum atomic E-state index is 13.1. The number of sulfonamides is 1. The summed E-state index contributed by atoms with van der Waals surface area (Å²) in [5, 5.41) is 13.7. The van der Waals surface area contributed by atoms with Crippen LogP contribution in [0.5, 0.6) is 5.75 Å². The van der Waals surface area contributed by atoms with Crippen molar-refractivity contribution in [2.75, 3.05) is 25.5 Å².